The minimum Gasteiger partial charge on any atom is -0.467 e. The number of hydrogen-bond acceptors (Lipinski definition) is 4. The second-order valence-corrected chi connectivity index (χ2v) is 7.41. The Bertz CT molecular complexity index is 930. The average molecular weight is 407 g/mol. The van der Waals surface area contributed by atoms with Gasteiger partial charge in [-0.1, -0.05) is 24.3 Å². The van der Waals surface area contributed by atoms with Crippen LogP contribution in [0.3, 0.4) is 0 Å². The van der Waals surface area contributed by atoms with Crippen molar-refractivity contribution in [3.63, 3.8) is 0 Å². The highest BCUT2D eigenvalue weighted by molar-refractivity contribution is 5.78. The molecule has 3 aromatic rings. The normalized spacial score (nSPS) is 13.6. The topological polar surface area (TPSA) is 78.9 Å². The van der Waals surface area contributed by atoms with Gasteiger partial charge in [-0.2, -0.15) is 0 Å². The third kappa shape index (κ3) is 5.11. The summed E-state index contributed by atoms with van der Waals surface area (Å²) in [6.07, 6.45) is 4.75. The van der Waals surface area contributed by atoms with Crippen molar-refractivity contribution in [2.45, 2.75) is 39.0 Å². The maximum Gasteiger partial charge on any atom is 0.318 e. The third-order valence-corrected chi connectivity index (χ3v) is 5.12. The number of amides is 3. The Morgan fingerprint density at radius 1 is 1.00 bits per heavy atom. The molecule has 0 unspecified atom stereocenters. The van der Waals surface area contributed by atoms with Gasteiger partial charge in [-0.25, -0.2) is 4.79 Å². The largest absolute Gasteiger partial charge is 0.467 e. The molecule has 0 spiro atoms. The molecule has 1 aromatic carbocycles. The quantitative estimate of drug-likeness (QED) is 0.614. The van der Waals surface area contributed by atoms with Crippen LogP contribution < -0.4 is 5.32 Å². The van der Waals surface area contributed by atoms with Crippen LogP contribution in [0.1, 0.15) is 35.5 Å². The van der Waals surface area contributed by atoms with Gasteiger partial charge in [0.15, 0.2) is 0 Å². The maximum atomic E-state index is 12.9. The second kappa shape index (κ2) is 9.35. The molecular formula is C23H25N3O4. The molecule has 0 atom stereocenters. The Morgan fingerprint density at radius 3 is 2.30 bits per heavy atom. The van der Waals surface area contributed by atoms with Crippen molar-refractivity contribution < 1.29 is 18.4 Å². The first-order valence-corrected chi connectivity index (χ1v) is 10.1. The number of rotatable bonds is 8. The molecule has 3 amide bonds. The van der Waals surface area contributed by atoms with Crippen LogP contribution >= 0.6 is 0 Å². The molecule has 7 heteroatoms. The zero-order chi connectivity index (χ0) is 20.8. The van der Waals surface area contributed by atoms with Crippen LogP contribution in [0.2, 0.25) is 0 Å². The van der Waals surface area contributed by atoms with Crippen LogP contribution in [-0.2, 0) is 31.0 Å². The molecule has 0 aliphatic carbocycles. The van der Waals surface area contributed by atoms with E-state index < -0.39 is 0 Å². The summed E-state index contributed by atoms with van der Waals surface area (Å²) in [5.41, 5.74) is 2.06. The molecule has 3 heterocycles. The Hall–Kier alpha value is -3.48. The van der Waals surface area contributed by atoms with Crippen molar-refractivity contribution in [1.29, 1.82) is 0 Å². The Morgan fingerprint density at radius 2 is 1.70 bits per heavy atom. The molecular weight excluding hydrogens is 382 g/mol. The van der Waals surface area contributed by atoms with Gasteiger partial charge in [0.25, 0.3) is 0 Å². The number of hydrogen-bond donors (Lipinski definition) is 1. The first-order chi connectivity index (χ1) is 14.7. The van der Waals surface area contributed by atoms with E-state index in [9.17, 15) is 9.59 Å². The molecule has 1 saturated heterocycles. The van der Waals surface area contributed by atoms with Gasteiger partial charge < -0.3 is 24.0 Å². The summed E-state index contributed by atoms with van der Waals surface area (Å²) < 4.78 is 10.8. The average Bonchev–Trinajstić information content (AvgIpc) is 3.51. The zero-order valence-corrected chi connectivity index (χ0v) is 16.8. The van der Waals surface area contributed by atoms with E-state index >= 15 is 0 Å². The van der Waals surface area contributed by atoms with Crippen molar-refractivity contribution in [3.05, 3.63) is 83.7 Å². The number of carbonyl (C=O) groups is 2. The molecule has 0 bridgehead atoms. The Balaban J connectivity index is 1.37. The molecule has 2 aromatic heterocycles. The number of benzene rings is 1. The van der Waals surface area contributed by atoms with Crippen molar-refractivity contribution in [1.82, 2.24) is 15.1 Å². The van der Waals surface area contributed by atoms with E-state index in [0.29, 0.717) is 44.1 Å². The van der Waals surface area contributed by atoms with Crippen molar-refractivity contribution in [2.24, 2.45) is 0 Å². The number of carbonyl (C=O) groups excluding carboxylic acids is 2. The molecule has 1 aliphatic heterocycles. The number of likely N-dealkylation sites (tertiary alicyclic amines) is 1. The highest BCUT2D eigenvalue weighted by Crippen LogP contribution is 2.16. The van der Waals surface area contributed by atoms with Crippen LogP contribution in [-0.4, -0.2) is 28.3 Å². The van der Waals surface area contributed by atoms with Gasteiger partial charge in [0.2, 0.25) is 5.91 Å². The lowest BCUT2D eigenvalue weighted by Gasteiger charge is -2.21. The fourth-order valence-electron chi connectivity index (χ4n) is 3.60. The monoisotopic (exact) mass is 407 g/mol. The molecule has 1 N–H and O–H groups in total. The summed E-state index contributed by atoms with van der Waals surface area (Å²) >= 11 is 0. The van der Waals surface area contributed by atoms with E-state index in [1.807, 2.05) is 41.3 Å². The summed E-state index contributed by atoms with van der Waals surface area (Å²) in [4.78, 5) is 28.2. The van der Waals surface area contributed by atoms with Crippen LogP contribution in [0.25, 0.3) is 0 Å². The first kappa shape index (κ1) is 19.8. The molecule has 7 nitrogen and oxygen atoms in total. The first-order valence-electron chi connectivity index (χ1n) is 10.1. The van der Waals surface area contributed by atoms with Crippen molar-refractivity contribution >= 4 is 11.9 Å². The summed E-state index contributed by atoms with van der Waals surface area (Å²) in [6.45, 7) is 2.51. The van der Waals surface area contributed by atoms with E-state index in [1.54, 1.807) is 29.6 Å². The highest BCUT2D eigenvalue weighted by atomic mass is 16.3. The zero-order valence-electron chi connectivity index (χ0n) is 16.8. The van der Waals surface area contributed by atoms with Crippen molar-refractivity contribution in [3.8, 4) is 0 Å². The maximum absolute atomic E-state index is 12.9. The number of nitrogens with zero attached hydrogens (tertiary/aromatic N) is 2. The lowest BCUT2D eigenvalue weighted by atomic mass is 10.1. The smallest absolute Gasteiger partial charge is 0.318 e. The Kier molecular flexibility index (Phi) is 6.17. The molecule has 4 rings (SSSR count). The second-order valence-electron chi connectivity index (χ2n) is 7.41. The van der Waals surface area contributed by atoms with Crippen LogP contribution in [0.15, 0.2) is 69.9 Å². The van der Waals surface area contributed by atoms with Gasteiger partial charge in [0.05, 0.1) is 25.6 Å². The molecule has 0 saturated carbocycles. The fraction of sp³-hybridized carbons (Fsp3) is 0.304. The lowest BCUT2D eigenvalue weighted by molar-refractivity contribution is -0.128. The predicted molar refractivity (Wildman–Crippen MR) is 110 cm³/mol. The van der Waals surface area contributed by atoms with Gasteiger partial charge in [-0.15, -0.1) is 0 Å². The van der Waals surface area contributed by atoms with E-state index in [-0.39, 0.29) is 11.9 Å². The molecule has 1 fully saturated rings. The summed E-state index contributed by atoms with van der Waals surface area (Å²) in [7, 11) is 0. The van der Waals surface area contributed by atoms with Gasteiger partial charge in [-0.3, -0.25) is 4.79 Å². The number of urea groups is 1. The molecule has 1 aliphatic rings. The van der Waals surface area contributed by atoms with Crippen molar-refractivity contribution in [2.75, 3.05) is 6.54 Å². The Labute approximate surface area is 175 Å². The third-order valence-electron chi connectivity index (χ3n) is 5.12. The molecule has 30 heavy (non-hydrogen) atoms. The summed E-state index contributed by atoms with van der Waals surface area (Å²) in [6, 6.07) is 15.1. The SMILES string of the molecule is O=C1CCCN1Cc1cccc(CNC(=O)N(Cc2ccco2)Cc2ccco2)c1. The van der Waals surface area contributed by atoms with E-state index in [2.05, 4.69) is 5.32 Å². The van der Waals surface area contributed by atoms with E-state index in [1.165, 1.54) is 0 Å². The van der Waals surface area contributed by atoms with Crippen LogP contribution in [0.4, 0.5) is 4.79 Å². The minimum absolute atomic E-state index is 0.206. The van der Waals surface area contributed by atoms with Gasteiger partial charge in [0.1, 0.15) is 11.5 Å². The minimum atomic E-state index is -0.206. The highest BCUT2D eigenvalue weighted by Gasteiger charge is 2.20. The lowest BCUT2D eigenvalue weighted by Crippen LogP contribution is -2.38. The predicted octanol–water partition coefficient (Wildman–Crippen LogP) is 3.91. The van der Waals surface area contributed by atoms with Gasteiger partial charge in [-0.05, 0) is 41.8 Å². The number of furan rings is 2. The van der Waals surface area contributed by atoms with E-state index in [0.717, 1.165) is 24.1 Å². The molecule has 0 radical (unpaired) electrons. The van der Waals surface area contributed by atoms with Crippen LogP contribution in [0, 0.1) is 0 Å². The van der Waals surface area contributed by atoms with Gasteiger partial charge in [0, 0.05) is 26.1 Å². The fourth-order valence-corrected chi connectivity index (χ4v) is 3.60. The number of nitrogens with one attached hydrogen (secondary N) is 1. The summed E-state index contributed by atoms with van der Waals surface area (Å²) in [5.74, 6) is 1.61. The van der Waals surface area contributed by atoms with Crippen LogP contribution in [0.5, 0.6) is 0 Å². The van der Waals surface area contributed by atoms with Gasteiger partial charge >= 0.3 is 6.03 Å². The summed E-state index contributed by atoms with van der Waals surface area (Å²) in [5, 5.41) is 2.98. The van der Waals surface area contributed by atoms with E-state index in [4.69, 9.17) is 8.83 Å². The molecule has 156 valence electrons. The standard InChI is InChI=1S/C23H25N3O4/c27-22-9-2-10-25(22)15-19-6-1-5-18(13-19)14-24-23(28)26(16-20-7-3-11-29-20)17-21-8-4-12-30-21/h1,3-8,11-13H,2,9-10,14-17H2,(H,24,28).